The summed E-state index contributed by atoms with van der Waals surface area (Å²) in [5, 5.41) is 6.68. The Morgan fingerprint density at radius 3 is 2.12 bits per heavy atom. The molecule has 1 aromatic rings. The van der Waals surface area contributed by atoms with Crippen LogP contribution in [0.1, 0.15) is 50.5 Å². The van der Waals surface area contributed by atoms with E-state index in [1.165, 1.54) is 0 Å². The molecule has 0 radical (unpaired) electrons. The van der Waals surface area contributed by atoms with E-state index in [2.05, 4.69) is 36.4 Å². The summed E-state index contributed by atoms with van der Waals surface area (Å²) in [6, 6.07) is 8.12. The van der Waals surface area contributed by atoms with Gasteiger partial charge in [0.1, 0.15) is 0 Å². The van der Waals surface area contributed by atoms with Gasteiger partial charge in [0.2, 0.25) is 0 Å². The van der Waals surface area contributed by atoms with E-state index in [0.29, 0.717) is 18.5 Å². The molecule has 0 saturated carbocycles. The average molecular weight is 460 g/mol. The van der Waals surface area contributed by atoms with Gasteiger partial charge in [-0.3, -0.25) is 9.79 Å². The van der Waals surface area contributed by atoms with E-state index in [1.807, 2.05) is 43.0 Å². The van der Waals surface area contributed by atoms with Crippen LogP contribution in [-0.2, 0) is 6.54 Å². The van der Waals surface area contributed by atoms with E-state index in [-0.39, 0.29) is 29.9 Å². The number of nitrogens with zero attached hydrogens (tertiary/aromatic N) is 2. The Morgan fingerprint density at radius 2 is 1.68 bits per heavy atom. The number of halogens is 1. The summed E-state index contributed by atoms with van der Waals surface area (Å²) in [4.78, 5) is 18.4. The third-order valence-electron chi connectivity index (χ3n) is 4.30. The van der Waals surface area contributed by atoms with Gasteiger partial charge in [0.15, 0.2) is 5.96 Å². The molecular formula is C19H33IN4O. The number of rotatable bonds is 7. The number of hydrogen-bond donors (Lipinski definition) is 2. The molecule has 0 heterocycles. The second-order valence-electron chi connectivity index (χ2n) is 6.28. The van der Waals surface area contributed by atoms with Crippen LogP contribution in [0.4, 0.5) is 0 Å². The lowest BCUT2D eigenvalue weighted by Gasteiger charge is -2.21. The van der Waals surface area contributed by atoms with Crippen molar-refractivity contribution < 1.29 is 4.79 Å². The van der Waals surface area contributed by atoms with Crippen molar-refractivity contribution in [2.24, 2.45) is 10.9 Å². The van der Waals surface area contributed by atoms with Crippen molar-refractivity contribution in [3.05, 3.63) is 35.4 Å². The third kappa shape index (κ3) is 7.63. The molecule has 6 heteroatoms. The number of aliphatic imine (C=N–C) groups is 1. The van der Waals surface area contributed by atoms with Crippen LogP contribution < -0.4 is 10.6 Å². The first-order valence-electron chi connectivity index (χ1n) is 8.78. The van der Waals surface area contributed by atoms with Gasteiger partial charge in [-0.25, -0.2) is 0 Å². The fourth-order valence-corrected chi connectivity index (χ4v) is 2.22. The maximum atomic E-state index is 12.3. The van der Waals surface area contributed by atoms with Crippen molar-refractivity contribution in [1.29, 1.82) is 0 Å². The van der Waals surface area contributed by atoms with Gasteiger partial charge in [-0.15, -0.1) is 24.0 Å². The summed E-state index contributed by atoms with van der Waals surface area (Å²) in [5.74, 6) is 1.41. The van der Waals surface area contributed by atoms with Crippen molar-refractivity contribution >= 4 is 35.8 Å². The van der Waals surface area contributed by atoms with Gasteiger partial charge in [-0.05, 0) is 44.4 Å². The van der Waals surface area contributed by atoms with Gasteiger partial charge in [0, 0.05) is 38.3 Å². The second-order valence-corrected chi connectivity index (χ2v) is 6.28. The van der Waals surface area contributed by atoms with E-state index in [1.54, 1.807) is 7.05 Å². The van der Waals surface area contributed by atoms with Gasteiger partial charge >= 0.3 is 0 Å². The number of amides is 1. The quantitative estimate of drug-likeness (QED) is 0.372. The molecule has 1 atom stereocenters. The van der Waals surface area contributed by atoms with E-state index < -0.39 is 0 Å². The standard InChI is InChI=1S/C19H32N4O.HI/c1-7-23(8-2)18(24)17-11-9-16(10-12-17)13-21-19(20-6)22-15(5)14(3)4;/h9-12,14-15H,7-8,13H2,1-6H3,(H2,20,21,22);1H. The predicted octanol–water partition coefficient (Wildman–Crippen LogP) is 3.50. The lowest BCUT2D eigenvalue weighted by Crippen LogP contribution is -2.43. The first kappa shape index (κ1) is 23.7. The fraction of sp³-hybridized carbons (Fsp3) is 0.579. The molecule has 0 aliphatic carbocycles. The minimum Gasteiger partial charge on any atom is -0.354 e. The van der Waals surface area contributed by atoms with Crippen LogP contribution in [0.3, 0.4) is 0 Å². The molecular weight excluding hydrogens is 427 g/mol. The highest BCUT2D eigenvalue weighted by Gasteiger charge is 2.12. The van der Waals surface area contributed by atoms with Crippen molar-refractivity contribution in [3.8, 4) is 0 Å². The van der Waals surface area contributed by atoms with Crippen molar-refractivity contribution in [3.63, 3.8) is 0 Å². The normalized spacial score (nSPS) is 12.4. The number of carbonyl (C=O) groups excluding carboxylic acids is 1. The molecule has 2 N–H and O–H groups in total. The Bertz CT molecular complexity index is 539. The van der Waals surface area contributed by atoms with Crippen LogP contribution in [0.2, 0.25) is 0 Å². The predicted molar refractivity (Wildman–Crippen MR) is 117 cm³/mol. The summed E-state index contributed by atoms with van der Waals surface area (Å²) in [6.07, 6.45) is 0. The van der Waals surface area contributed by atoms with Gasteiger partial charge in [-0.1, -0.05) is 26.0 Å². The molecule has 1 aromatic carbocycles. The summed E-state index contributed by atoms with van der Waals surface area (Å²) < 4.78 is 0. The summed E-state index contributed by atoms with van der Waals surface area (Å²) in [5.41, 5.74) is 1.85. The molecule has 1 unspecified atom stereocenters. The lowest BCUT2D eigenvalue weighted by atomic mass is 10.1. The zero-order valence-electron chi connectivity index (χ0n) is 16.3. The summed E-state index contributed by atoms with van der Waals surface area (Å²) in [7, 11) is 1.77. The topological polar surface area (TPSA) is 56.7 Å². The van der Waals surface area contributed by atoms with E-state index >= 15 is 0 Å². The minimum atomic E-state index is 0. The van der Waals surface area contributed by atoms with E-state index in [9.17, 15) is 4.79 Å². The SMILES string of the molecule is CCN(CC)C(=O)c1ccc(CNC(=NC)NC(C)C(C)C)cc1.I. The van der Waals surface area contributed by atoms with Gasteiger partial charge in [-0.2, -0.15) is 0 Å². The smallest absolute Gasteiger partial charge is 0.253 e. The molecule has 0 aromatic heterocycles. The zero-order valence-corrected chi connectivity index (χ0v) is 18.6. The molecule has 5 nitrogen and oxygen atoms in total. The van der Waals surface area contributed by atoms with Gasteiger partial charge in [0.05, 0.1) is 0 Å². The van der Waals surface area contributed by atoms with Crippen molar-refractivity contribution in [2.75, 3.05) is 20.1 Å². The van der Waals surface area contributed by atoms with Crippen LogP contribution in [-0.4, -0.2) is 42.9 Å². The Labute approximate surface area is 169 Å². The Hall–Kier alpha value is -1.31. The number of guanidine groups is 1. The molecule has 1 amide bonds. The number of hydrogen-bond acceptors (Lipinski definition) is 2. The molecule has 0 aliphatic rings. The second kappa shape index (κ2) is 12.1. The highest BCUT2D eigenvalue weighted by atomic mass is 127. The molecule has 0 bridgehead atoms. The third-order valence-corrected chi connectivity index (χ3v) is 4.30. The van der Waals surface area contributed by atoms with Crippen LogP contribution in [0.15, 0.2) is 29.3 Å². The number of carbonyl (C=O) groups is 1. The van der Waals surface area contributed by atoms with Crippen LogP contribution in [0.5, 0.6) is 0 Å². The van der Waals surface area contributed by atoms with Crippen LogP contribution in [0.25, 0.3) is 0 Å². The Morgan fingerprint density at radius 1 is 1.12 bits per heavy atom. The Balaban J connectivity index is 0.00000576. The number of nitrogens with one attached hydrogen (secondary N) is 2. The molecule has 25 heavy (non-hydrogen) atoms. The molecule has 0 spiro atoms. The first-order chi connectivity index (χ1) is 11.4. The highest BCUT2D eigenvalue weighted by Crippen LogP contribution is 2.08. The van der Waals surface area contributed by atoms with Crippen molar-refractivity contribution in [1.82, 2.24) is 15.5 Å². The maximum Gasteiger partial charge on any atom is 0.253 e. The molecule has 1 rings (SSSR count). The minimum absolute atomic E-state index is 0. The lowest BCUT2D eigenvalue weighted by molar-refractivity contribution is 0.0773. The Kier molecular flexibility index (Phi) is 11.5. The molecule has 142 valence electrons. The van der Waals surface area contributed by atoms with E-state index in [0.717, 1.165) is 30.2 Å². The first-order valence-corrected chi connectivity index (χ1v) is 8.78. The summed E-state index contributed by atoms with van der Waals surface area (Å²) >= 11 is 0. The highest BCUT2D eigenvalue weighted by molar-refractivity contribution is 14.0. The largest absolute Gasteiger partial charge is 0.354 e. The van der Waals surface area contributed by atoms with Gasteiger partial charge in [0.25, 0.3) is 5.91 Å². The molecule has 0 fully saturated rings. The fourth-order valence-electron chi connectivity index (χ4n) is 2.22. The van der Waals surface area contributed by atoms with Crippen LogP contribution in [0, 0.1) is 5.92 Å². The van der Waals surface area contributed by atoms with E-state index in [4.69, 9.17) is 0 Å². The summed E-state index contributed by atoms with van der Waals surface area (Å²) in [6.45, 7) is 12.6. The average Bonchev–Trinajstić information content (AvgIpc) is 2.59. The molecule has 0 saturated heterocycles. The monoisotopic (exact) mass is 460 g/mol. The van der Waals surface area contributed by atoms with Gasteiger partial charge < -0.3 is 15.5 Å². The number of benzene rings is 1. The van der Waals surface area contributed by atoms with Crippen molar-refractivity contribution in [2.45, 2.75) is 47.2 Å². The molecule has 0 aliphatic heterocycles. The van der Waals surface area contributed by atoms with Crippen LogP contribution >= 0.6 is 24.0 Å². The maximum absolute atomic E-state index is 12.3. The zero-order chi connectivity index (χ0) is 18.1.